The molecule has 3 aromatic rings. The van der Waals surface area contributed by atoms with Crippen LogP contribution >= 0.6 is 0 Å². The molecule has 1 saturated carbocycles. The van der Waals surface area contributed by atoms with Crippen LogP contribution in [-0.2, 0) is 19.3 Å². The molecular weight excluding hydrogens is 336 g/mol. The summed E-state index contributed by atoms with van der Waals surface area (Å²) in [5.41, 5.74) is 8.08. The standard InChI is InChI=1S/C28H29/c1-3-8-23-19(6-1)12-13-21-18-22(15-16-26(21)23)25-10-5-11-27-24-9-4-2-7-20(24)14-17-28(25)27/h1,3,5-6,8,10-11,14,17-18,21-22,26H,2,4,7,9,12-13,15-16H2. The molecular formula is C28H29. The Morgan fingerprint density at radius 2 is 1.50 bits per heavy atom. The highest BCUT2D eigenvalue weighted by Gasteiger charge is 2.36. The van der Waals surface area contributed by atoms with Crippen molar-refractivity contribution in [2.45, 2.75) is 63.2 Å². The first kappa shape index (κ1) is 16.8. The van der Waals surface area contributed by atoms with E-state index in [-0.39, 0.29) is 0 Å². The zero-order chi connectivity index (χ0) is 18.5. The third kappa shape index (κ3) is 2.65. The number of benzene rings is 3. The van der Waals surface area contributed by atoms with Gasteiger partial charge in [0.2, 0.25) is 0 Å². The molecule has 3 atom stereocenters. The lowest BCUT2D eigenvalue weighted by molar-refractivity contribution is 0.323. The summed E-state index contributed by atoms with van der Waals surface area (Å²) in [5, 5.41) is 3.07. The maximum Gasteiger partial charge on any atom is -0.0121 e. The Balaban J connectivity index is 1.35. The minimum absolute atomic E-state index is 0.622. The quantitative estimate of drug-likeness (QED) is 0.429. The minimum atomic E-state index is 0.622. The molecule has 28 heavy (non-hydrogen) atoms. The molecule has 0 aliphatic heterocycles. The van der Waals surface area contributed by atoms with Crippen LogP contribution < -0.4 is 0 Å². The van der Waals surface area contributed by atoms with Crippen molar-refractivity contribution in [1.82, 2.24) is 0 Å². The molecule has 0 saturated heterocycles. The van der Waals surface area contributed by atoms with Crippen molar-refractivity contribution < 1.29 is 0 Å². The molecule has 0 amide bonds. The molecule has 0 aromatic heterocycles. The van der Waals surface area contributed by atoms with Gasteiger partial charge in [-0.25, -0.2) is 0 Å². The molecule has 0 bridgehead atoms. The van der Waals surface area contributed by atoms with E-state index in [1.54, 1.807) is 33.2 Å². The van der Waals surface area contributed by atoms with Crippen LogP contribution in [0.25, 0.3) is 10.8 Å². The Bertz CT molecular complexity index is 1030. The Hall–Kier alpha value is -2.08. The molecule has 0 heterocycles. The average molecular weight is 366 g/mol. The SMILES string of the molecule is [CH]1C(c2cccc3c4c(ccc23)CCCC4)CCC2c3ccccc3CCC12. The van der Waals surface area contributed by atoms with Crippen molar-refractivity contribution in [3.63, 3.8) is 0 Å². The summed E-state index contributed by atoms with van der Waals surface area (Å²) in [4.78, 5) is 0. The topological polar surface area (TPSA) is 0 Å². The van der Waals surface area contributed by atoms with Crippen molar-refractivity contribution >= 4 is 10.8 Å². The van der Waals surface area contributed by atoms with E-state index in [2.05, 4.69) is 61.0 Å². The van der Waals surface area contributed by atoms with Crippen molar-refractivity contribution in [3.8, 4) is 0 Å². The summed E-state index contributed by atoms with van der Waals surface area (Å²) in [5.74, 6) is 2.13. The first-order valence-corrected chi connectivity index (χ1v) is 11.3. The lowest BCUT2D eigenvalue weighted by Crippen LogP contribution is -2.28. The van der Waals surface area contributed by atoms with Gasteiger partial charge >= 0.3 is 0 Å². The second-order valence-corrected chi connectivity index (χ2v) is 9.24. The normalized spacial score (nSPS) is 26.4. The first-order valence-electron chi connectivity index (χ1n) is 11.3. The number of rotatable bonds is 1. The van der Waals surface area contributed by atoms with Crippen LogP contribution in [0, 0.1) is 12.3 Å². The van der Waals surface area contributed by atoms with Crippen molar-refractivity contribution in [1.29, 1.82) is 0 Å². The summed E-state index contributed by atoms with van der Waals surface area (Å²) in [7, 11) is 0. The van der Waals surface area contributed by atoms with Crippen molar-refractivity contribution in [2.75, 3.05) is 0 Å². The van der Waals surface area contributed by atoms with Crippen LogP contribution in [-0.4, -0.2) is 0 Å². The van der Waals surface area contributed by atoms with E-state index in [0.717, 1.165) is 11.8 Å². The van der Waals surface area contributed by atoms with E-state index in [4.69, 9.17) is 0 Å². The molecule has 3 aromatic carbocycles. The van der Waals surface area contributed by atoms with Crippen LogP contribution in [0.4, 0.5) is 0 Å². The number of hydrogen-bond donors (Lipinski definition) is 0. The van der Waals surface area contributed by atoms with Crippen LogP contribution in [0.5, 0.6) is 0 Å². The summed E-state index contributed by atoms with van der Waals surface area (Å²) in [6, 6.07) is 21.2. The highest BCUT2D eigenvalue weighted by Crippen LogP contribution is 2.50. The van der Waals surface area contributed by atoms with Crippen molar-refractivity contribution in [2.24, 2.45) is 5.92 Å². The lowest BCUT2D eigenvalue weighted by atomic mass is 9.64. The third-order valence-electron chi connectivity index (χ3n) is 7.81. The smallest absolute Gasteiger partial charge is 0.0121 e. The van der Waals surface area contributed by atoms with Gasteiger partial charge < -0.3 is 0 Å². The van der Waals surface area contributed by atoms with E-state index < -0.39 is 0 Å². The highest BCUT2D eigenvalue weighted by atomic mass is 14.4. The van der Waals surface area contributed by atoms with E-state index in [1.165, 1.54) is 56.8 Å². The van der Waals surface area contributed by atoms with Gasteiger partial charge in [-0.2, -0.15) is 0 Å². The Morgan fingerprint density at radius 1 is 0.607 bits per heavy atom. The average Bonchev–Trinajstić information content (AvgIpc) is 2.78. The van der Waals surface area contributed by atoms with Gasteiger partial charge in [0.1, 0.15) is 0 Å². The van der Waals surface area contributed by atoms with E-state index in [1.807, 2.05) is 0 Å². The minimum Gasteiger partial charge on any atom is -0.0620 e. The van der Waals surface area contributed by atoms with Gasteiger partial charge in [-0.15, -0.1) is 0 Å². The third-order valence-corrected chi connectivity index (χ3v) is 7.81. The fourth-order valence-electron chi connectivity index (χ4n) is 6.45. The largest absolute Gasteiger partial charge is 0.0620 e. The van der Waals surface area contributed by atoms with Gasteiger partial charge in [-0.1, -0.05) is 54.6 Å². The molecule has 1 fully saturated rings. The second-order valence-electron chi connectivity index (χ2n) is 9.24. The fraction of sp³-hybridized carbons (Fsp3) is 0.393. The maximum atomic E-state index is 2.73. The molecule has 0 spiro atoms. The number of fused-ring (bicyclic) bond motifs is 6. The van der Waals surface area contributed by atoms with E-state index in [0.29, 0.717) is 5.92 Å². The van der Waals surface area contributed by atoms with Crippen LogP contribution in [0.1, 0.15) is 71.8 Å². The summed E-state index contributed by atoms with van der Waals surface area (Å²) < 4.78 is 0. The zero-order valence-electron chi connectivity index (χ0n) is 16.7. The van der Waals surface area contributed by atoms with Gasteiger partial charge in [0.15, 0.2) is 0 Å². The maximum absolute atomic E-state index is 2.73. The van der Waals surface area contributed by atoms with E-state index in [9.17, 15) is 0 Å². The predicted octanol–water partition coefficient (Wildman–Crippen LogP) is 7.15. The highest BCUT2D eigenvalue weighted by molar-refractivity contribution is 5.90. The molecule has 3 aliphatic rings. The zero-order valence-corrected chi connectivity index (χ0v) is 16.7. The monoisotopic (exact) mass is 365 g/mol. The van der Waals surface area contributed by atoms with Crippen LogP contribution in [0.2, 0.25) is 0 Å². The molecule has 0 nitrogen and oxygen atoms in total. The molecule has 141 valence electrons. The molecule has 0 N–H and O–H groups in total. The molecule has 1 radical (unpaired) electrons. The number of aryl methyl sites for hydroxylation is 3. The van der Waals surface area contributed by atoms with Crippen LogP contribution in [0.15, 0.2) is 54.6 Å². The molecule has 0 heteroatoms. The lowest BCUT2D eigenvalue weighted by Gasteiger charge is -2.40. The molecule has 6 rings (SSSR count). The fourth-order valence-corrected chi connectivity index (χ4v) is 6.45. The van der Waals surface area contributed by atoms with Gasteiger partial charge in [-0.3, -0.25) is 0 Å². The first-order chi connectivity index (χ1) is 13.9. The Kier molecular flexibility index (Phi) is 4.07. The number of hydrogen-bond acceptors (Lipinski definition) is 0. The predicted molar refractivity (Wildman–Crippen MR) is 118 cm³/mol. The van der Waals surface area contributed by atoms with Gasteiger partial charge in [0.05, 0.1) is 0 Å². The summed E-state index contributed by atoms with van der Waals surface area (Å²) in [6.45, 7) is 0. The van der Waals surface area contributed by atoms with Gasteiger partial charge in [0, 0.05) is 0 Å². The Labute approximate surface area is 169 Å². The second kappa shape index (κ2) is 6.76. The summed E-state index contributed by atoms with van der Waals surface area (Å²) in [6.07, 6.45) is 13.2. The Morgan fingerprint density at radius 3 is 2.50 bits per heavy atom. The van der Waals surface area contributed by atoms with Gasteiger partial charge in [-0.05, 0) is 114 Å². The molecule has 3 aliphatic carbocycles. The van der Waals surface area contributed by atoms with Gasteiger partial charge in [0.25, 0.3) is 0 Å². The molecule has 3 unspecified atom stereocenters. The van der Waals surface area contributed by atoms with Crippen LogP contribution in [0.3, 0.4) is 0 Å². The summed E-state index contributed by atoms with van der Waals surface area (Å²) >= 11 is 0. The van der Waals surface area contributed by atoms with E-state index >= 15 is 0 Å². The van der Waals surface area contributed by atoms with Crippen molar-refractivity contribution in [3.05, 3.63) is 88.8 Å².